The Bertz CT molecular complexity index is 514. The van der Waals surface area contributed by atoms with Crippen LogP contribution in [0.5, 0.6) is 0 Å². The molecule has 136 valence electrons. The van der Waals surface area contributed by atoms with Gasteiger partial charge in [-0.3, -0.25) is 4.79 Å². The molecule has 4 fully saturated rings. The number of hydrogen-bond acceptors (Lipinski definition) is 2. The van der Waals surface area contributed by atoms with Crippen molar-refractivity contribution in [1.82, 2.24) is 0 Å². The average Bonchev–Trinajstić information content (AvgIpc) is 2.81. The lowest BCUT2D eigenvalue weighted by atomic mass is 9.46. The summed E-state index contributed by atoms with van der Waals surface area (Å²) in [5.41, 5.74) is 0.719. The predicted molar refractivity (Wildman–Crippen MR) is 96.5 cm³/mol. The first-order chi connectivity index (χ1) is 11.4. The molecule has 0 unspecified atom stereocenters. The summed E-state index contributed by atoms with van der Waals surface area (Å²) >= 11 is 0. The number of rotatable bonds is 1. The van der Waals surface area contributed by atoms with Gasteiger partial charge in [-0.15, -0.1) is 0 Å². The highest BCUT2D eigenvalue weighted by Gasteiger charge is 2.60. The van der Waals surface area contributed by atoms with Crippen LogP contribution < -0.4 is 0 Å². The zero-order chi connectivity index (χ0) is 17.1. The Morgan fingerprint density at radius 2 is 1.50 bits per heavy atom. The lowest BCUT2D eigenvalue weighted by Gasteiger charge is -2.59. The van der Waals surface area contributed by atoms with E-state index in [9.17, 15) is 9.90 Å². The second-order valence-corrected chi connectivity index (χ2v) is 10.2. The summed E-state index contributed by atoms with van der Waals surface area (Å²) in [5.74, 6) is 4.04. The summed E-state index contributed by atoms with van der Waals surface area (Å²) in [6, 6.07) is 0. The van der Waals surface area contributed by atoms with Crippen LogP contribution in [0.4, 0.5) is 0 Å². The van der Waals surface area contributed by atoms with Gasteiger partial charge in [0.1, 0.15) is 5.78 Å². The highest BCUT2D eigenvalue weighted by Crippen LogP contribution is 2.67. The molecule has 4 saturated carbocycles. The maximum absolute atomic E-state index is 12.2. The average molecular weight is 333 g/mol. The molecule has 0 aliphatic heterocycles. The number of fused-ring (bicyclic) bond motifs is 5. The van der Waals surface area contributed by atoms with Gasteiger partial charge in [0.2, 0.25) is 0 Å². The Morgan fingerprint density at radius 3 is 2.25 bits per heavy atom. The van der Waals surface area contributed by atoms with E-state index in [4.69, 9.17) is 0 Å². The quantitative estimate of drug-likeness (QED) is 0.735. The molecule has 0 spiro atoms. The van der Waals surface area contributed by atoms with E-state index in [0.29, 0.717) is 17.1 Å². The van der Waals surface area contributed by atoms with Crippen molar-refractivity contribution in [1.29, 1.82) is 0 Å². The van der Waals surface area contributed by atoms with Crippen LogP contribution >= 0.6 is 0 Å². The van der Waals surface area contributed by atoms with Crippen LogP contribution in [0, 0.1) is 40.4 Å². The summed E-state index contributed by atoms with van der Waals surface area (Å²) in [7, 11) is 0. The van der Waals surface area contributed by atoms with Crippen LogP contribution in [0.1, 0.15) is 85.0 Å². The molecule has 4 rings (SSSR count). The first-order valence-corrected chi connectivity index (χ1v) is 10.5. The van der Waals surface area contributed by atoms with Crippen LogP contribution in [-0.2, 0) is 4.79 Å². The first-order valence-electron chi connectivity index (χ1n) is 10.5. The minimum Gasteiger partial charge on any atom is -0.393 e. The molecular weight excluding hydrogens is 296 g/mol. The van der Waals surface area contributed by atoms with Crippen LogP contribution in [0.2, 0.25) is 0 Å². The molecule has 2 nitrogen and oxygen atoms in total. The fourth-order valence-corrected chi connectivity index (χ4v) is 8.08. The van der Waals surface area contributed by atoms with E-state index in [2.05, 4.69) is 13.8 Å². The molecule has 0 amide bonds. The van der Waals surface area contributed by atoms with Gasteiger partial charge >= 0.3 is 0 Å². The molecular formula is C22H36O2. The van der Waals surface area contributed by atoms with Crippen molar-refractivity contribution in [3.63, 3.8) is 0 Å². The Balaban J connectivity index is 1.62. The molecule has 0 saturated heterocycles. The highest BCUT2D eigenvalue weighted by atomic mass is 16.3. The van der Waals surface area contributed by atoms with E-state index < -0.39 is 0 Å². The van der Waals surface area contributed by atoms with Gasteiger partial charge in [0, 0.05) is 5.92 Å². The topological polar surface area (TPSA) is 37.3 Å². The van der Waals surface area contributed by atoms with Gasteiger partial charge < -0.3 is 5.11 Å². The molecule has 0 heterocycles. The van der Waals surface area contributed by atoms with E-state index in [1.807, 2.05) is 6.92 Å². The smallest absolute Gasteiger partial charge is 0.133 e. The van der Waals surface area contributed by atoms with Gasteiger partial charge in [-0.2, -0.15) is 0 Å². The third kappa shape index (κ3) is 2.35. The predicted octanol–water partition coefficient (Wildman–Crippen LogP) is 4.99. The molecule has 0 aromatic rings. The second kappa shape index (κ2) is 5.83. The molecule has 0 aromatic carbocycles. The van der Waals surface area contributed by atoms with Crippen molar-refractivity contribution in [2.45, 2.75) is 91.1 Å². The zero-order valence-electron chi connectivity index (χ0n) is 15.9. The molecule has 1 N–H and O–H groups in total. The number of carbonyl (C=O) groups is 1. The van der Waals surface area contributed by atoms with Gasteiger partial charge in [0.15, 0.2) is 0 Å². The minimum absolute atomic E-state index is 0.0618. The number of Topliss-reactive ketones (excluding diaryl/α,β-unsaturated/α-hetero) is 1. The summed E-state index contributed by atoms with van der Waals surface area (Å²) in [4.78, 5) is 12.2. The molecule has 2 heteroatoms. The van der Waals surface area contributed by atoms with E-state index in [1.165, 1.54) is 44.9 Å². The fourth-order valence-electron chi connectivity index (χ4n) is 8.08. The van der Waals surface area contributed by atoms with Crippen LogP contribution in [-0.4, -0.2) is 17.0 Å². The summed E-state index contributed by atoms with van der Waals surface area (Å²) < 4.78 is 0. The Kier molecular flexibility index (Phi) is 4.14. The van der Waals surface area contributed by atoms with Crippen molar-refractivity contribution in [3.8, 4) is 0 Å². The largest absolute Gasteiger partial charge is 0.393 e. The van der Waals surface area contributed by atoms with Gasteiger partial charge in [-0.1, -0.05) is 13.8 Å². The van der Waals surface area contributed by atoms with E-state index in [-0.39, 0.29) is 11.5 Å². The Labute approximate surface area is 147 Å². The number of aliphatic hydroxyl groups is 1. The van der Waals surface area contributed by atoms with Gasteiger partial charge in [-0.25, -0.2) is 0 Å². The summed E-state index contributed by atoms with van der Waals surface area (Å²) in [6.07, 6.45) is 12.2. The van der Waals surface area contributed by atoms with Gasteiger partial charge in [-0.05, 0) is 106 Å². The lowest BCUT2D eigenvalue weighted by molar-refractivity contribution is -0.131. The molecule has 0 bridgehead atoms. The standard InChI is InChI=1S/C22H36O2/c1-14(23)18-8-9-19-17-7-5-15-4-6-16(24)10-12-21(15,2)20(17)11-13-22(18,19)3/h15-20,24H,4-13H2,1-3H3/t15-,16-,17+,18-,19+,20+,21+,22-/m1/s1. The summed E-state index contributed by atoms with van der Waals surface area (Å²) in [6.45, 7) is 6.83. The van der Waals surface area contributed by atoms with Gasteiger partial charge in [0.05, 0.1) is 6.10 Å². The van der Waals surface area contributed by atoms with Gasteiger partial charge in [0.25, 0.3) is 0 Å². The maximum Gasteiger partial charge on any atom is 0.133 e. The second-order valence-electron chi connectivity index (χ2n) is 10.2. The van der Waals surface area contributed by atoms with Crippen molar-refractivity contribution in [2.75, 3.05) is 0 Å². The SMILES string of the molecule is CC(=O)[C@H]1CC[C@H]2[C@@H]3CC[C@H]4CC[C@@H](O)CC[C@]4(C)[C@H]3CC[C@]12C. The van der Waals surface area contributed by atoms with Crippen LogP contribution in [0.25, 0.3) is 0 Å². The van der Waals surface area contributed by atoms with Crippen molar-refractivity contribution < 1.29 is 9.90 Å². The third-order valence-corrected chi connectivity index (χ3v) is 9.42. The molecule has 0 aromatic heterocycles. The number of ketones is 1. The lowest BCUT2D eigenvalue weighted by Crippen LogP contribution is -2.52. The molecule has 4 aliphatic rings. The minimum atomic E-state index is -0.0618. The van der Waals surface area contributed by atoms with E-state index in [0.717, 1.165) is 42.9 Å². The zero-order valence-corrected chi connectivity index (χ0v) is 15.9. The molecule has 8 atom stereocenters. The van der Waals surface area contributed by atoms with Crippen molar-refractivity contribution in [3.05, 3.63) is 0 Å². The monoisotopic (exact) mass is 332 g/mol. The summed E-state index contributed by atoms with van der Waals surface area (Å²) in [5, 5.41) is 10.2. The normalized spacial score (nSPS) is 54.3. The number of hydrogen-bond donors (Lipinski definition) is 1. The molecule has 0 radical (unpaired) electrons. The molecule has 24 heavy (non-hydrogen) atoms. The van der Waals surface area contributed by atoms with Crippen LogP contribution in [0.3, 0.4) is 0 Å². The molecule has 4 aliphatic carbocycles. The third-order valence-electron chi connectivity index (χ3n) is 9.42. The van der Waals surface area contributed by atoms with E-state index in [1.54, 1.807) is 0 Å². The Morgan fingerprint density at radius 1 is 0.833 bits per heavy atom. The Hall–Kier alpha value is -0.370. The fraction of sp³-hybridized carbons (Fsp3) is 0.955. The highest BCUT2D eigenvalue weighted by molar-refractivity contribution is 5.79. The number of carbonyl (C=O) groups excluding carboxylic acids is 1. The maximum atomic E-state index is 12.2. The number of aliphatic hydroxyl groups excluding tert-OH is 1. The van der Waals surface area contributed by atoms with Crippen molar-refractivity contribution in [2.24, 2.45) is 40.4 Å². The van der Waals surface area contributed by atoms with Crippen molar-refractivity contribution >= 4 is 5.78 Å². The van der Waals surface area contributed by atoms with E-state index >= 15 is 0 Å². The first kappa shape index (κ1) is 17.1. The van der Waals surface area contributed by atoms with Crippen LogP contribution in [0.15, 0.2) is 0 Å².